The molecule has 0 aromatic heterocycles. The number of hydrazine groups is 1. The monoisotopic (exact) mass is 215 g/mol. The molecule has 0 amide bonds. The average molecular weight is 215 g/mol. The van der Waals surface area contributed by atoms with Gasteiger partial charge in [-0.05, 0) is 12.1 Å². The van der Waals surface area contributed by atoms with E-state index >= 15 is 0 Å². The van der Waals surface area contributed by atoms with Crippen LogP contribution < -0.4 is 11.3 Å². The fourth-order valence-electron chi connectivity index (χ4n) is 1.01. The van der Waals surface area contributed by atoms with Crippen LogP contribution in [0.4, 0.5) is 5.69 Å². The summed E-state index contributed by atoms with van der Waals surface area (Å²) in [5, 5.41) is 0. The van der Waals surface area contributed by atoms with Gasteiger partial charge in [-0.25, -0.2) is 12.7 Å². The highest BCUT2D eigenvalue weighted by Crippen LogP contribution is 2.21. The first-order valence-corrected chi connectivity index (χ1v) is 5.42. The summed E-state index contributed by atoms with van der Waals surface area (Å²) in [5.74, 6) is 5.21. The number of nitrogens with zero attached hydrogens (tertiary/aromatic N) is 1. The Bertz CT molecular complexity index is 414. The zero-order chi connectivity index (χ0) is 10.8. The highest BCUT2D eigenvalue weighted by molar-refractivity contribution is 7.89. The minimum Gasteiger partial charge on any atom is -0.323 e. The van der Waals surface area contributed by atoms with E-state index in [1.807, 2.05) is 0 Å². The molecule has 0 spiro atoms. The van der Waals surface area contributed by atoms with Gasteiger partial charge in [0.1, 0.15) is 4.90 Å². The van der Waals surface area contributed by atoms with Gasteiger partial charge in [-0.1, -0.05) is 12.1 Å². The summed E-state index contributed by atoms with van der Waals surface area (Å²) >= 11 is 0. The number of sulfonamides is 1. The molecule has 3 N–H and O–H groups in total. The zero-order valence-electron chi connectivity index (χ0n) is 8.06. The molecule has 0 saturated carbocycles. The molecule has 6 heteroatoms. The summed E-state index contributed by atoms with van der Waals surface area (Å²) in [5.41, 5.74) is 2.74. The van der Waals surface area contributed by atoms with Crippen molar-refractivity contribution in [1.29, 1.82) is 0 Å². The fourth-order valence-corrected chi connectivity index (χ4v) is 2.06. The Balaban J connectivity index is 3.32. The van der Waals surface area contributed by atoms with Crippen LogP contribution in [0.15, 0.2) is 29.2 Å². The predicted octanol–water partition coefficient (Wildman–Crippen LogP) is 0.223. The highest BCUT2D eigenvalue weighted by Gasteiger charge is 2.19. The third kappa shape index (κ3) is 1.87. The molecule has 0 bridgehead atoms. The molecule has 0 aliphatic heterocycles. The molecular formula is C8H13N3O2S. The molecule has 0 fully saturated rings. The van der Waals surface area contributed by atoms with Gasteiger partial charge in [0.25, 0.3) is 0 Å². The minimum absolute atomic E-state index is 0.174. The number of anilines is 1. The third-order valence-electron chi connectivity index (χ3n) is 1.80. The maximum atomic E-state index is 11.7. The predicted molar refractivity (Wildman–Crippen MR) is 55.1 cm³/mol. The van der Waals surface area contributed by atoms with Crippen molar-refractivity contribution in [3.8, 4) is 0 Å². The molecule has 1 aromatic carbocycles. The molecule has 0 unspecified atom stereocenters. The Morgan fingerprint density at radius 3 is 2.36 bits per heavy atom. The standard InChI is InChI=1S/C8H13N3O2S/c1-11(2)14(12,13)8-6-4-3-5-7(8)10-9/h3-6,10H,9H2,1-2H3. The zero-order valence-corrected chi connectivity index (χ0v) is 8.88. The van der Waals surface area contributed by atoms with Gasteiger partial charge in [0.2, 0.25) is 10.0 Å². The van der Waals surface area contributed by atoms with E-state index in [0.29, 0.717) is 5.69 Å². The Kier molecular flexibility index (Phi) is 3.10. The molecule has 14 heavy (non-hydrogen) atoms. The normalized spacial score (nSPS) is 11.7. The summed E-state index contributed by atoms with van der Waals surface area (Å²) in [6.07, 6.45) is 0. The number of nitrogens with one attached hydrogen (secondary N) is 1. The van der Waals surface area contributed by atoms with Crippen LogP contribution >= 0.6 is 0 Å². The maximum absolute atomic E-state index is 11.7. The SMILES string of the molecule is CN(C)S(=O)(=O)c1ccccc1NN. The van der Waals surface area contributed by atoms with Crippen molar-refractivity contribution in [2.24, 2.45) is 5.84 Å². The van der Waals surface area contributed by atoms with Crippen LogP contribution in [0.25, 0.3) is 0 Å². The van der Waals surface area contributed by atoms with E-state index < -0.39 is 10.0 Å². The van der Waals surface area contributed by atoms with Crippen molar-refractivity contribution in [2.45, 2.75) is 4.90 Å². The van der Waals surface area contributed by atoms with Gasteiger partial charge in [-0.3, -0.25) is 5.84 Å². The Labute approximate surface area is 83.5 Å². The number of nitrogens with two attached hydrogens (primary N) is 1. The van der Waals surface area contributed by atoms with Crippen molar-refractivity contribution in [3.05, 3.63) is 24.3 Å². The van der Waals surface area contributed by atoms with Crippen LogP contribution in [0.5, 0.6) is 0 Å². The van der Waals surface area contributed by atoms with Crippen molar-refractivity contribution in [3.63, 3.8) is 0 Å². The Hall–Kier alpha value is -1.11. The van der Waals surface area contributed by atoms with Crippen LogP contribution in [-0.4, -0.2) is 26.8 Å². The van der Waals surface area contributed by atoms with E-state index in [9.17, 15) is 8.42 Å². The Morgan fingerprint density at radius 1 is 1.29 bits per heavy atom. The second-order valence-corrected chi connectivity index (χ2v) is 5.05. The number of rotatable bonds is 3. The number of hydrogen-bond acceptors (Lipinski definition) is 4. The van der Waals surface area contributed by atoms with Crippen LogP contribution in [0.1, 0.15) is 0 Å². The van der Waals surface area contributed by atoms with Gasteiger partial charge < -0.3 is 5.43 Å². The first-order chi connectivity index (χ1) is 6.50. The molecule has 0 aliphatic carbocycles. The summed E-state index contributed by atoms with van der Waals surface area (Å²) < 4.78 is 24.6. The van der Waals surface area contributed by atoms with Crippen LogP contribution in [0, 0.1) is 0 Å². The van der Waals surface area contributed by atoms with Gasteiger partial charge >= 0.3 is 0 Å². The molecule has 78 valence electrons. The van der Waals surface area contributed by atoms with E-state index in [-0.39, 0.29) is 4.90 Å². The Morgan fingerprint density at radius 2 is 1.86 bits per heavy atom. The summed E-state index contributed by atoms with van der Waals surface area (Å²) in [6.45, 7) is 0. The second-order valence-electron chi connectivity index (χ2n) is 2.93. The second kappa shape index (κ2) is 3.95. The molecular weight excluding hydrogens is 202 g/mol. The third-order valence-corrected chi connectivity index (χ3v) is 3.67. The fraction of sp³-hybridized carbons (Fsp3) is 0.250. The van der Waals surface area contributed by atoms with Crippen molar-refractivity contribution >= 4 is 15.7 Å². The summed E-state index contributed by atoms with van der Waals surface area (Å²) in [7, 11) is -0.479. The van der Waals surface area contributed by atoms with E-state index in [1.54, 1.807) is 18.2 Å². The van der Waals surface area contributed by atoms with Crippen LogP contribution in [0.2, 0.25) is 0 Å². The molecule has 0 heterocycles. The van der Waals surface area contributed by atoms with Crippen molar-refractivity contribution in [1.82, 2.24) is 4.31 Å². The van der Waals surface area contributed by atoms with E-state index in [1.165, 1.54) is 20.2 Å². The summed E-state index contributed by atoms with van der Waals surface area (Å²) in [4.78, 5) is 0.174. The lowest BCUT2D eigenvalue weighted by molar-refractivity contribution is 0.521. The maximum Gasteiger partial charge on any atom is 0.244 e. The van der Waals surface area contributed by atoms with E-state index in [4.69, 9.17) is 5.84 Å². The molecule has 0 atom stereocenters. The van der Waals surface area contributed by atoms with Crippen LogP contribution in [-0.2, 0) is 10.0 Å². The topological polar surface area (TPSA) is 75.4 Å². The number of hydrogen-bond donors (Lipinski definition) is 2. The smallest absolute Gasteiger partial charge is 0.244 e. The summed E-state index contributed by atoms with van der Waals surface area (Å²) in [6, 6.07) is 6.47. The first kappa shape index (κ1) is 11.0. The highest BCUT2D eigenvalue weighted by atomic mass is 32.2. The van der Waals surface area contributed by atoms with Crippen molar-refractivity contribution < 1.29 is 8.42 Å². The van der Waals surface area contributed by atoms with Crippen molar-refractivity contribution in [2.75, 3.05) is 19.5 Å². The van der Waals surface area contributed by atoms with Crippen LogP contribution in [0.3, 0.4) is 0 Å². The van der Waals surface area contributed by atoms with E-state index in [0.717, 1.165) is 4.31 Å². The molecule has 1 aromatic rings. The lowest BCUT2D eigenvalue weighted by Gasteiger charge is -2.14. The van der Waals surface area contributed by atoms with Gasteiger partial charge in [0, 0.05) is 14.1 Å². The van der Waals surface area contributed by atoms with Gasteiger partial charge in [0.05, 0.1) is 5.69 Å². The molecule has 0 aliphatic rings. The average Bonchev–Trinajstić information content (AvgIpc) is 2.17. The van der Waals surface area contributed by atoms with Gasteiger partial charge in [-0.2, -0.15) is 0 Å². The first-order valence-electron chi connectivity index (χ1n) is 3.98. The molecule has 1 rings (SSSR count). The quantitative estimate of drug-likeness (QED) is 0.559. The lowest BCUT2D eigenvalue weighted by Crippen LogP contribution is -2.24. The molecule has 0 radical (unpaired) electrons. The largest absolute Gasteiger partial charge is 0.323 e. The lowest BCUT2D eigenvalue weighted by atomic mass is 10.3. The minimum atomic E-state index is -3.43. The number of para-hydroxylation sites is 1. The van der Waals surface area contributed by atoms with Gasteiger partial charge in [-0.15, -0.1) is 0 Å². The molecule has 0 saturated heterocycles. The number of benzene rings is 1. The van der Waals surface area contributed by atoms with Gasteiger partial charge in [0.15, 0.2) is 0 Å². The number of nitrogen functional groups attached to an aromatic ring is 1. The molecule has 5 nitrogen and oxygen atoms in total. The van der Waals surface area contributed by atoms with E-state index in [2.05, 4.69) is 5.43 Å².